The summed E-state index contributed by atoms with van der Waals surface area (Å²) in [5.74, 6) is 0.909. The second-order valence-corrected chi connectivity index (χ2v) is 3.74. The number of hydrogen-bond donors (Lipinski definition) is 0. The summed E-state index contributed by atoms with van der Waals surface area (Å²) >= 11 is 0. The molecule has 86 valence electrons. The molecule has 0 N–H and O–H groups in total. The van der Waals surface area contributed by atoms with Crippen LogP contribution in [0.5, 0.6) is 0 Å². The van der Waals surface area contributed by atoms with Crippen molar-refractivity contribution in [1.29, 1.82) is 0 Å². The van der Waals surface area contributed by atoms with E-state index in [1.54, 1.807) is 19.1 Å². The van der Waals surface area contributed by atoms with Gasteiger partial charge in [0.05, 0.1) is 0 Å². The molecule has 0 spiro atoms. The Labute approximate surface area is 94.5 Å². The molecule has 0 saturated carbocycles. The fourth-order valence-electron chi connectivity index (χ4n) is 1.44. The second-order valence-electron chi connectivity index (χ2n) is 3.74. The van der Waals surface area contributed by atoms with E-state index in [1.165, 1.54) is 0 Å². The quantitative estimate of drug-likeness (QED) is 0.444. The van der Waals surface area contributed by atoms with Crippen LogP contribution in [0.1, 0.15) is 29.6 Å². The first kappa shape index (κ1) is 12.4. The van der Waals surface area contributed by atoms with Gasteiger partial charge in [0.1, 0.15) is 11.5 Å². The van der Waals surface area contributed by atoms with Gasteiger partial charge in [0.15, 0.2) is 12.1 Å². The number of halogens is 1. The largest absolute Gasteiger partial charge is 0.466 e. The summed E-state index contributed by atoms with van der Waals surface area (Å²) < 4.78 is 18.3. The zero-order valence-electron chi connectivity index (χ0n) is 9.93. The van der Waals surface area contributed by atoms with Crippen LogP contribution >= 0.6 is 0 Å². The van der Waals surface area contributed by atoms with Gasteiger partial charge in [-0.1, -0.05) is 12.2 Å². The Morgan fingerprint density at radius 1 is 1.25 bits per heavy atom. The predicted octanol–water partition coefficient (Wildman–Crippen LogP) is 3.66. The summed E-state index contributed by atoms with van der Waals surface area (Å²) in [4.78, 5) is 10.2. The number of hydrogen-bond acceptors (Lipinski definition) is 2. The van der Waals surface area contributed by atoms with Crippen LogP contribution in [-0.2, 0) is 4.79 Å². The van der Waals surface area contributed by atoms with E-state index in [-0.39, 0.29) is 6.29 Å². The van der Waals surface area contributed by atoms with Crippen LogP contribution in [-0.4, -0.2) is 6.29 Å². The van der Waals surface area contributed by atoms with Gasteiger partial charge in [-0.15, -0.1) is 0 Å². The average molecular weight is 222 g/mol. The van der Waals surface area contributed by atoms with Crippen LogP contribution in [0, 0.1) is 20.8 Å². The monoisotopic (exact) mass is 222 g/mol. The van der Waals surface area contributed by atoms with Crippen molar-refractivity contribution in [2.24, 2.45) is 0 Å². The lowest BCUT2D eigenvalue weighted by Crippen LogP contribution is -1.81. The highest BCUT2D eigenvalue weighted by Crippen LogP contribution is 2.22. The molecule has 0 amide bonds. The third-order valence-corrected chi connectivity index (χ3v) is 2.60. The van der Waals surface area contributed by atoms with Gasteiger partial charge >= 0.3 is 0 Å². The molecule has 0 fully saturated rings. The van der Waals surface area contributed by atoms with Crippen LogP contribution < -0.4 is 0 Å². The van der Waals surface area contributed by atoms with Crippen molar-refractivity contribution in [2.75, 3.05) is 0 Å². The molecule has 0 aliphatic heterocycles. The summed E-state index contributed by atoms with van der Waals surface area (Å²) in [5, 5.41) is 0. The molecule has 16 heavy (non-hydrogen) atoms. The zero-order chi connectivity index (χ0) is 12.3. The second kappa shape index (κ2) is 4.92. The van der Waals surface area contributed by atoms with E-state index in [4.69, 9.17) is 4.42 Å². The molecule has 0 aliphatic rings. The molecule has 0 aliphatic carbocycles. The van der Waals surface area contributed by atoms with Crippen LogP contribution in [0.2, 0.25) is 0 Å². The number of carbonyl (C=O) groups excluding carboxylic acids is 1. The number of aryl methyl sites for hydroxylation is 2. The molecule has 0 unspecified atom stereocenters. The Morgan fingerprint density at radius 3 is 2.31 bits per heavy atom. The number of allylic oxidation sites excluding steroid dienone is 3. The minimum atomic E-state index is -0.744. The molecule has 1 aromatic heterocycles. The molecule has 2 nitrogen and oxygen atoms in total. The predicted molar refractivity (Wildman–Crippen MR) is 61.8 cm³/mol. The highest BCUT2D eigenvalue weighted by atomic mass is 19.1. The maximum atomic E-state index is 12.9. The van der Waals surface area contributed by atoms with Crippen molar-refractivity contribution >= 4 is 12.4 Å². The molecule has 1 rings (SSSR count). The van der Waals surface area contributed by atoms with Gasteiger partial charge in [-0.3, -0.25) is 4.79 Å². The van der Waals surface area contributed by atoms with Crippen molar-refractivity contribution < 1.29 is 13.6 Å². The Kier molecular flexibility index (Phi) is 3.82. The Morgan fingerprint density at radius 2 is 1.88 bits per heavy atom. The maximum Gasteiger partial charge on any atom is 0.178 e. The molecule has 3 heteroatoms. The third-order valence-electron chi connectivity index (χ3n) is 2.60. The highest BCUT2D eigenvalue weighted by molar-refractivity contribution is 5.73. The lowest BCUT2D eigenvalue weighted by molar-refractivity contribution is -0.106. The average Bonchev–Trinajstić information content (AvgIpc) is 2.49. The lowest BCUT2D eigenvalue weighted by Gasteiger charge is -1.94. The topological polar surface area (TPSA) is 30.2 Å². The molecular weight excluding hydrogens is 207 g/mol. The zero-order valence-corrected chi connectivity index (χ0v) is 9.93. The Bertz CT molecular complexity index is 465. The normalized spacial score (nSPS) is 13.1. The number of rotatable bonds is 3. The molecule has 1 aromatic rings. The smallest absolute Gasteiger partial charge is 0.178 e. The first-order chi connectivity index (χ1) is 7.47. The van der Waals surface area contributed by atoms with Crippen LogP contribution in [0.25, 0.3) is 6.08 Å². The first-order valence-electron chi connectivity index (χ1n) is 5.03. The van der Waals surface area contributed by atoms with E-state index >= 15 is 0 Å². The van der Waals surface area contributed by atoms with Crippen molar-refractivity contribution in [1.82, 2.24) is 0 Å². The minimum absolute atomic E-state index is 0.208. The summed E-state index contributed by atoms with van der Waals surface area (Å²) in [5.41, 5.74) is 2.29. The number of carbonyl (C=O) groups is 1. The van der Waals surface area contributed by atoms with E-state index in [2.05, 4.69) is 0 Å². The van der Waals surface area contributed by atoms with Crippen LogP contribution in [0.15, 0.2) is 21.9 Å². The van der Waals surface area contributed by atoms with Crippen molar-refractivity contribution in [3.8, 4) is 0 Å². The van der Waals surface area contributed by atoms with Crippen molar-refractivity contribution in [2.45, 2.75) is 27.7 Å². The number of aldehydes is 1. The Balaban J connectivity index is 3.06. The molecule has 0 atom stereocenters. The van der Waals surface area contributed by atoms with Crippen LogP contribution in [0.3, 0.4) is 0 Å². The van der Waals surface area contributed by atoms with Gasteiger partial charge in [-0.2, -0.15) is 0 Å². The van der Waals surface area contributed by atoms with Gasteiger partial charge in [-0.25, -0.2) is 4.39 Å². The van der Waals surface area contributed by atoms with Crippen molar-refractivity contribution in [3.05, 3.63) is 40.1 Å². The summed E-state index contributed by atoms with van der Waals surface area (Å²) in [6.07, 6.45) is 3.55. The summed E-state index contributed by atoms with van der Waals surface area (Å²) in [6, 6.07) is 0. The SMILES string of the molecule is CC(C=Cc1c(C)oc(C)c1C)=C(F)C=O. The minimum Gasteiger partial charge on any atom is -0.466 e. The van der Waals surface area contributed by atoms with Gasteiger partial charge < -0.3 is 4.42 Å². The lowest BCUT2D eigenvalue weighted by atomic mass is 10.1. The van der Waals surface area contributed by atoms with Gasteiger partial charge in [-0.05, 0) is 38.8 Å². The van der Waals surface area contributed by atoms with Gasteiger partial charge in [0, 0.05) is 5.56 Å². The third kappa shape index (κ3) is 2.48. The van der Waals surface area contributed by atoms with Crippen molar-refractivity contribution in [3.63, 3.8) is 0 Å². The van der Waals surface area contributed by atoms with E-state index in [1.807, 2.05) is 20.8 Å². The van der Waals surface area contributed by atoms with E-state index in [9.17, 15) is 9.18 Å². The Hall–Kier alpha value is -1.64. The molecule has 0 bridgehead atoms. The number of furan rings is 1. The molecule has 0 radical (unpaired) electrons. The van der Waals surface area contributed by atoms with Crippen LogP contribution in [0.4, 0.5) is 4.39 Å². The molecule has 0 saturated heterocycles. The molecular formula is C13H15FO2. The summed E-state index contributed by atoms with van der Waals surface area (Å²) in [6.45, 7) is 7.24. The first-order valence-corrected chi connectivity index (χ1v) is 5.03. The van der Waals surface area contributed by atoms with Gasteiger partial charge in [0.25, 0.3) is 0 Å². The fraction of sp³-hybridized carbons (Fsp3) is 0.308. The van der Waals surface area contributed by atoms with E-state index in [0.29, 0.717) is 5.57 Å². The molecule has 0 aromatic carbocycles. The standard InChI is InChI=1S/C13H15FO2/c1-8(13(14)7-15)5-6-12-9(2)10(3)16-11(12)4/h5-7H,1-4H3. The summed E-state index contributed by atoms with van der Waals surface area (Å²) in [7, 11) is 0. The molecule has 1 heterocycles. The van der Waals surface area contributed by atoms with E-state index < -0.39 is 5.83 Å². The van der Waals surface area contributed by atoms with E-state index in [0.717, 1.165) is 22.6 Å². The maximum absolute atomic E-state index is 12.9. The van der Waals surface area contributed by atoms with Gasteiger partial charge in [0.2, 0.25) is 0 Å². The fourth-order valence-corrected chi connectivity index (χ4v) is 1.44. The highest BCUT2D eigenvalue weighted by Gasteiger charge is 2.07.